The maximum absolute atomic E-state index is 12.6. The number of carbonyl (C=O) groups excluding carboxylic acids is 2. The monoisotopic (exact) mass is 346 g/mol. The first-order chi connectivity index (χ1) is 12.2. The fourth-order valence-electron chi connectivity index (χ4n) is 3.39. The van der Waals surface area contributed by atoms with Gasteiger partial charge in [-0.15, -0.1) is 0 Å². The van der Waals surface area contributed by atoms with Crippen LogP contribution in [0, 0.1) is 5.92 Å². The van der Waals surface area contributed by atoms with Gasteiger partial charge in [0.1, 0.15) is 6.61 Å². The number of methoxy groups -OCH3 is 1. The van der Waals surface area contributed by atoms with Gasteiger partial charge in [0.25, 0.3) is 0 Å². The summed E-state index contributed by atoms with van der Waals surface area (Å²) in [5.41, 5.74) is 1.15. The van der Waals surface area contributed by atoms with Crippen molar-refractivity contribution < 1.29 is 19.1 Å². The summed E-state index contributed by atoms with van der Waals surface area (Å²) in [5.74, 6) is 0.0202. The summed E-state index contributed by atoms with van der Waals surface area (Å²) in [6.45, 7) is 3.18. The van der Waals surface area contributed by atoms with Crippen LogP contribution in [-0.4, -0.2) is 67.6 Å². The molecule has 0 radical (unpaired) electrons. The van der Waals surface area contributed by atoms with Crippen molar-refractivity contribution in [3.63, 3.8) is 0 Å². The molecule has 0 aliphatic carbocycles. The van der Waals surface area contributed by atoms with Crippen LogP contribution in [-0.2, 0) is 25.7 Å². The summed E-state index contributed by atoms with van der Waals surface area (Å²) in [7, 11) is 1.51. The number of piperidine rings is 1. The lowest BCUT2D eigenvalue weighted by Gasteiger charge is -2.42. The van der Waals surface area contributed by atoms with Crippen molar-refractivity contribution in [3.05, 3.63) is 35.9 Å². The topological polar surface area (TPSA) is 59.1 Å². The zero-order valence-corrected chi connectivity index (χ0v) is 14.7. The van der Waals surface area contributed by atoms with Gasteiger partial charge >= 0.3 is 0 Å². The maximum Gasteiger partial charge on any atom is 0.248 e. The van der Waals surface area contributed by atoms with Crippen molar-refractivity contribution in [1.82, 2.24) is 9.80 Å². The average Bonchev–Trinajstić information content (AvgIpc) is 2.61. The zero-order chi connectivity index (χ0) is 17.6. The standard InChI is InChI=1S/C19H26N2O4/c1-24-14-18(22)20-9-5-8-16(10-20)19(23)21-11-17(12-21)25-13-15-6-3-2-4-7-15/h2-4,6-7,16-17H,5,8-14H2,1H3/t16-/m0/s1. The molecule has 0 bridgehead atoms. The molecule has 3 rings (SSSR count). The first kappa shape index (κ1) is 17.9. The highest BCUT2D eigenvalue weighted by Gasteiger charge is 2.37. The molecule has 2 aliphatic heterocycles. The summed E-state index contributed by atoms with van der Waals surface area (Å²) < 4.78 is 10.8. The van der Waals surface area contributed by atoms with E-state index >= 15 is 0 Å². The second-order valence-electron chi connectivity index (χ2n) is 6.77. The molecule has 0 spiro atoms. The molecule has 1 aromatic carbocycles. The second-order valence-corrected chi connectivity index (χ2v) is 6.77. The van der Waals surface area contributed by atoms with E-state index in [0.29, 0.717) is 26.2 Å². The van der Waals surface area contributed by atoms with E-state index in [1.807, 2.05) is 35.2 Å². The zero-order valence-electron chi connectivity index (χ0n) is 14.7. The minimum atomic E-state index is -0.0929. The smallest absolute Gasteiger partial charge is 0.248 e. The van der Waals surface area contributed by atoms with Gasteiger partial charge < -0.3 is 19.3 Å². The highest BCUT2D eigenvalue weighted by Crippen LogP contribution is 2.23. The Morgan fingerprint density at radius 3 is 2.60 bits per heavy atom. The molecular formula is C19H26N2O4. The van der Waals surface area contributed by atoms with Crippen LogP contribution in [0.4, 0.5) is 0 Å². The summed E-state index contributed by atoms with van der Waals surface area (Å²) >= 11 is 0. The Kier molecular flexibility index (Phi) is 6.04. The van der Waals surface area contributed by atoms with E-state index in [1.54, 1.807) is 4.90 Å². The highest BCUT2D eigenvalue weighted by molar-refractivity contribution is 5.82. The number of benzene rings is 1. The van der Waals surface area contributed by atoms with Crippen LogP contribution in [0.2, 0.25) is 0 Å². The van der Waals surface area contributed by atoms with Gasteiger partial charge in [0.05, 0.1) is 18.6 Å². The molecule has 2 amide bonds. The van der Waals surface area contributed by atoms with Crippen LogP contribution < -0.4 is 0 Å². The van der Waals surface area contributed by atoms with Gasteiger partial charge in [-0.2, -0.15) is 0 Å². The normalized spacial score (nSPS) is 21.1. The number of ether oxygens (including phenoxy) is 2. The third kappa shape index (κ3) is 4.58. The molecule has 0 aromatic heterocycles. The van der Waals surface area contributed by atoms with E-state index in [2.05, 4.69) is 0 Å². The van der Waals surface area contributed by atoms with Crippen molar-refractivity contribution >= 4 is 11.8 Å². The van der Waals surface area contributed by atoms with Crippen molar-refractivity contribution in [2.24, 2.45) is 5.92 Å². The molecule has 0 unspecified atom stereocenters. The third-order valence-electron chi connectivity index (χ3n) is 4.88. The van der Waals surface area contributed by atoms with Gasteiger partial charge in [-0.25, -0.2) is 0 Å². The predicted molar refractivity (Wildman–Crippen MR) is 92.8 cm³/mol. The van der Waals surface area contributed by atoms with Gasteiger partial charge in [-0.1, -0.05) is 30.3 Å². The largest absolute Gasteiger partial charge is 0.375 e. The minimum Gasteiger partial charge on any atom is -0.375 e. The first-order valence-corrected chi connectivity index (χ1v) is 8.88. The Bertz CT molecular complexity index is 586. The second kappa shape index (κ2) is 8.45. The molecule has 136 valence electrons. The lowest BCUT2D eigenvalue weighted by Crippen LogP contribution is -2.58. The first-order valence-electron chi connectivity index (χ1n) is 8.88. The van der Waals surface area contributed by atoms with Crippen LogP contribution in [0.3, 0.4) is 0 Å². The van der Waals surface area contributed by atoms with Gasteiger partial charge in [0.15, 0.2) is 0 Å². The van der Waals surface area contributed by atoms with E-state index in [4.69, 9.17) is 9.47 Å². The Hall–Kier alpha value is -1.92. The number of likely N-dealkylation sites (tertiary alicyclic amines) is 2. The maximum atomic E-state index is 12.6. The number of hydrogen-bond donors (Lipinski definition) is 0. The number of carbonyl (C=O) groups is 2. The molecule has 0 N–H and O–H groups in total. The third-order valence-corrected chi connectivity index (χ3v) is 4.88. The molecule has 0 saturated carbocycles. The average molecular weight is 346 g/mol. The summed E-state index contributed by atoms with van der Waals surface area (Å²) in [4.78, 5) is 28.2. The molecule has 6 heteroatoms. The SMILES string of the molecule is COCC(=O)N1CCC[C@H](C(=O)N2CC(OCc3ccccc3)C2)C1. The molecule has 2 heterocycles. The highest BCUT2D eigenvalue weighted by atomic mass is 16.5. The van der Waals surface area contributed by atoms with Crippen LogP contribution in [0.15, 0.2) is 30.3 Å². The molecule has 2 aliphatic rings. The predicted octanol–water partition coefficient (Wildman–Crippen LogP) is 1.30. The molecule has 2 fully saturated rings. The van der Waals surface area contributed by atoms with Crippen LogP contribution in [0.1, 0.15) is 18.4 Å². The van der Waals surface area contributed by atoms with Crippen molar-refractivity contribution in [3.8, 4) is 0 Å². The molecule has 25 heavy (non-hydrogen) atoms. The summed E-state index contributed by atoms with van der Waals surface area (Å²) in [6.07, 6.45) is 1.83. The Balaban J connectivity index is 1.41. The molecule has 1 atom stereocenters. The van der Waals surface area contributed by atoms with Crippen LogP contribution in [0.25, 0.3) is 0 Å². The van der Waals surface area contributed by atoms with Crippen LogP contribution >= 0.6 is 0 Å². The fraction of sp³-hybridized carbons (Fsp3) is 0.579. The van der Waals surface area contributed by atoms with Crippen molar-refractivity contribution in [1.29, 1.82) is 0 Å². The molecule has 2 saturated heterocycles. The van der Waals surface area contributed by atoms with Gasteiger partial charge in [0, 0.05) is 33.3 Å². The van der Waals surface area contributed by atoms with Gasteiger partial charge in [-0.3, -0.25) is 9.59 Å². The molecular weight excluding hydrogens is 320 g/mol. The molecule has 1 aromatic rings. The van der Waals surface area contributed by atoms with E-state index in [0.717, 1.165) is 24.9 Å². The van der Waals surface area contributed by atoms with Gasteiger partial charge in [0.2, 0.25) is 11.8 Å². The van der Waals surface area contributed by atoms with Crippen molar-refractivity contribution in [2.75, 3.05) is 39.9 Å². The van der Waals surface area contributed by atoms with E-state index in [1.165, 1.54) is 7.11 Å². The number of rotatable bonds is 6. The van der Waals surface area contributed by atoms with E-state index in [-0.39, 0.29) is 30.4 Å². The lowest BCUT2D eigenvalue weighted by molar-refractivity contribution is -0.153. The van der Waals surface area contributed by atoms with Crippen molar-refractivity contribution in [2.45, 2.75) is 25.6 Å². The summed E-state index contributed by atoms with van der Waals surface area (Å²) in [5, 5.41) is 0. The quantitative estimate of drug-likeness (QED) is 0.779. The molecule has 6 nitrogen and oxygen atoms in total. The Morgan fingerprint density at radius 1 is 1.12 bits per heavy atom. The number of hydrogen-bond acceptors (Lipinski definition) is 4. The Morgan fingerprint density at radius 2 is 1.88 bits per heavy atom. The van der Waals surface area contributed by atoms with Gasteiger partial charge in [-0.05, 0) is 18.4 Å². The van der Waals surface area contributed by atoms with E-state index < -0.39 is 0 Å². The summed E-state index contributed by atoms with van der Waals surface area (Å²) in [6, 6.07) is 10.0. The van der Waals surface area contributed by atoms with E-state index in [9.17, 15) is 9.59 Å². The number of amides is 2. The fourth-order valence-corrected chi connectivity index (χ4v) is 3.39. The Labute approximate surface area is 148 Å². The minimum absolute atomic E-state index is 0.0346. The lowest BCUT2D eigenvalue weighted by atomic mass is 9.94. The number of nitrogens with zero attached hydrogens (tertiary/aromatic N) is 2. The van der Waals surface area contributed by atoms with Crippen LogP contribution in [0.5, 0.6) is 0 Å².